The first-order chi connectivity index (χ1) is 8.85. The monoisotopic (exact) mass is 246 g/mol. The Kier molecular flexibility index (Phi) is 4.44. The Morgan fingerprint density at radius 3 is 2.94 bits per heavy atom. The van der Waals surface area contributed by atoms with Crippen molar-refractivity contribution in [1.29, 1.82) is 0 Å². The Labute approximate surface area is 107 Å². The second-order valence-corrected chi connectivity index (χ2v) is 4.06. The molecule has 0 amide bonds. The average Bonchev–Trinajstić information content (AvgIpc) is 2.86. The molecule has 2 rings (SSSR count). The predicted octanol–water partition coefficient (Wildman–Crippen LogP) is 1.18. The highest BCUT2D eigenvalue weighted by Crippen LogP contribution is 2.14. The summed E-state index contributed by atoms with van der Waals surface area (Å²) < 4.78 is 6.94. The zero-order valence-electron chi connectivity index (χ0n) is 10.8. The minimum Gasteiger partial charge on any atom is -0.384 e. The van der Waals surface area contributed by atoms with Gasteiger partial charge in [-0.1, -0.05) is 23.4 Å². The van der Waals surface area contributed by atoms with E-state index in [-0.39, 0.29) is 0 Å². The summed E-state index contributed by atoms with van der Waals surface area (Å²) in [5, 5.41) is 11.3. The van der Waals surface area contributed by atoms with Gasteiger partial charge in [0.1, 0.15) is 0 Å². The van der Waals surface area contributed by atoms with E-state index in [4.69, 9.17) is 4.74 Å². The molecule has 1 aromatic heterocycles. The maximum absolute atomic E-state index is 5.13. The summed E-state index contributed by atoms with van der Waals surface area (Å²) in [7, 11) is 3.61. The SMILES string of the molecule is CNCc1cn(-c2ccccc2CCOC)nn1. The van der Waals surface area contributed by atoms with E-state index >= 15 is 0 Å². The third-order valence-corrected chi connectivity index (χ3v) is 2.71. The van der Waals surface area contributed by atoms with E-state index in [1.165, 1.54) is 5.56 Å². The third kappa shape index (κ3) is 2.94. The van der Waals surface area contributed by atoms with E-state index in [0.717, 1.165) is 24.3 Å². The van der Waals surface area contributed by atoms with Crippen LogP contribution in [0, 0.1) is 0 Å². The second-order valence-electron chi connectivity index (χ2n) is 4.06. The van der Waals surface area contributed by atoms with Crippen molar-refractivity contribution in [3.05, 3.63) is 41.7 Å². The average molecular weight is 246 g/mol. The summed E-state index contributed by atoms with van der Waals surface area (Å²) in [5.74, 6) is 0. The molecule has 96 valence electrons. The van der Waals surface area contributed by atoms with Crippen molar-refractivity contribution in [2.24, 2.45) is 0 Å². The molecule has 0 saturated carbocycles. The van der Waals surface area contributed by atoms with Crippen LogP contribution in [-0.2, 0) is 17.7 Å². The van der Waals surface area contributed by atoms with Crippen molar-refractivity contribution in [3.63, 3.8) is 0 Å². The Bertz CT molecular complexity index is 495. The normalized spacial score (nSPS) is 10.8. The summed E-state index contributed by atoms with van der Waals surface area (Å²) in [5.41, 5.74) is 3.20. The van der Waals surface area contributed by atoms with Crippen molar-refractivity contribution in [2.75, 3.05) is 20.8 Å². The number of para-hydroxylation sites is 1. The Hall–Kier alpha value is -1.72. The molecule has 18 heavy (non-hydrogen) atoms. The highest BCUT2D eigenvalue weighted by molar-refractivity contribution is 5.40. The zero-order chi connectivity index (χ0) is 12.8. The minimum atomic E-state index is 0.703. The fraction of sp³-hybridized carbons (Fsp3) is 0.385. The van der Waals surface area contributed by atoms with Gasteiger partial charge in [-0.2, -0.15) is 0 Å². The van der Waals surface area contributed by atoms with Crippen molar-refractivity contribution < 1.29 is 4.74 Å². The highest BCUT2D eigenvalue weighted by atomic mass is 16.5. The molecule has 0 spiro atoms. The number of nitrogens with zero attached hydrogens (tertiary/aromatic N) is 3. The molecular weight excluding hydrogens is 228 g/mol. The summed E-state index contributed by atoms with van der Waals surface area (Å²) >= 11 is 0. The summed E-state index contributed by atoms with van der Waals surface area (Å²) in [4.78, 5) is 0. The molecule has 2 aromatic rings. The van der Waals surface area contributed by atoms with Gasteiger partial charge in [0, 0.05) is 13.7 Å². The van der Waals surface area contributed by atoms with Gasteiger partial charge in [0.2, 0.25) is 0 Å². The lowest BCUT2D eigenvalue weighted by Crippen LogP contribution is -2.05. The molecular formula is C13H18N4O. The van der Waals surface area contributed by atoms with Crippen LogP contribution in [0.1, 0.15) is 11.3 Å². The van der Waals surface area contributed by atoms with E-state index in [1.807, 2.05) is 36.1 Å². The van der Waals surface area contributed by atoms with E-state index < -0.39 is 0 Å². The quantitative estimate of drug-likeness (QED) is 0.831. The lowest BCUT2D eigenvalue weighted by atomic mass is 10.1. The molecule has 0 aliphatic heterocycles. The first kappa shape index (κ1) is 12.7. The third-order valence-electron chi connectivity index (χ3n) is 2.71. The Balaban J connectivity index is 2.25. The fourth-order valence-corrected chi connectivity index (χ4v) is 1.84. The standard InChI is InChI=1S/C13H18N4O/c1-14-9-12-10-17(16-15-12)13-6-4-3-5-11(13)7-8-18-2/h3-6,10,14H,7-9H2,1-2H3. The van der Waals surface area contributed by atoms with Gasteiger partial charge in [-0.15, -0.1) is 5.10 Å². The summed E-state index contributed by atoms with van der Waals surface area (Å²) in [6, 6.07) is 8.17. The molecule has 0 radical (unpaired) electrons. The van der Waals surface area contributed by atoms with E-state index in [1.54, 1.807) is 7.11 Å². The number of methoxy groups -OCH3 is 1. The van der Waals surface area contributed by atoms with Gasteiger partial charge < -0.3 is 10.1 Å². The molecule has 0 fully saturated rings. The van der Waals surface area contributed by atoms with Gasteiger partial charge in [0.05, 0.1) is 24.2 Å². The van der Waals surface area contributed by atoms with Crippen LogP contribution in [0.2, 0.25) is 0 Å². The van der Waals surface area contributed by atoms with Crippen LogP contribution in [0.25, 0.3) is 5.69 Å². The molecule has 0 atom stereocenters. The summed E-state index contributed by atoms with van der Waals surface area (Å²) in [6.07, 6.45) is 2.82. The molecule has 0 unspecified atom stereocenters. The van der Waals surface area contributed by atoms with Gasteiger partial charge in [-0.25, -0.2) is 4.68 Å². The van der Waals surface area contributed by atoms with E-state index in [9.17, 15) is 0 Å². The second kappa shape index (κ2) is 6.28. The van der Waals surface area contributed by atoms with Crippen LogP contribution >= 0.6 is 0 Å². The lowest BCUT2D eigenvalue weighted by molar-refractivity contribution is 0.202. The van der Waals surface area contributed by atoms with Crippen molar-refractivity contribution in [3.8, 4) is 5.69 Å². The Morgan fingerprint density at radius 1 is 1.33 bits per heavy atom. The minimum absolute atomic E-state index is 0.703. The zero-order valence-corrected chi connectivity index (χ0v) is 10.8. The predicted molar refractivity (Wildman–Crippen MR) is 69.7 cm³/mol. The topological polar surface area (TPSA) is 52.0 Å². The fourth-order valence-electron chi connectivity index (χ4n) is 1.84. The number of aromatic nitrogens is 3. The summed E-state index contributed by atoms with van der Waals surface area (Å²) in [6.45, 7) is 1.43. The van der Waals surface area contributed by atoms with Gasteiger partial charge in [0.25, 0.3) is 0 Å². The van der Waals surface area contributed by atoms with Crippen LogP contribution < -0.4 is 5.32 Å². The Morgan fingerprint density at radius 2 is 2.17 bits per heavy atom. The molecule has 1 N–H and O–H groups in total. The van der Waals surface area contributed by atoms with E-state index in [2.05, 4.69) is 21.7 Å². The smallest absolute Gasteiger partial charge is 0.0969 e. The van der Waals surface area contributed by atoms with Crippen LogP contribution in [0.3, 0.4) is 0 Å². The number of rotatable bonds is 6. The largest absolute Gasteiger partial charge is 0.384 e. The van der Waals surface area contributed by atoms with E-state index in [0.29, 0.717) is 6.61 Å². The number of benzene rings is 1. The molecule has 5 heteroatoms. The maximum Gasteiger partial charge on any atom is 0.0969 e. The van der Waals surface area contributed by atoms with Gasteiger partial charge in [0.15, 0.2) is 0 Å². The first-order valence-electron chi connectivity index (χ1n) is 5.98. The van der Waals surface area contributed by atoms with Gasteiger partial charge in [-0.05, 0) is 25.1 Å². The number of hydrogen-bond acceptors (Lipinski definition) is 4. The van der Waals surface area contributed by atoms with Crippen molar-refractivity contribution in [1.82, 2.24) is 20.3 Å². The van der Waals surface area contributed by atoms with Crippen LogP contribution in [-0.4, -0.2) is 35.8 Å². The van der Waals surface area contributed by atoms with Crippen molar-refractivity contribution >= 4 is 0 Å². The van der Waals surface area contributed by atoms with Gasteiger partial charge in [-0.3, -0.25) is 0 Å². The maximum atomic E-state index is 5.13. The lowest BCUT2D eigenvalue weighted by Gasteiger charge is -2.07. The first-order valence-corrected chi connectivity index (χ1v) is 5.98. The van der Waals surface area contributed by atoms with Crippen LogP contribution in [0.15, 0.2) is 30.5 Å². The molecule has 1 heterocycles. The highest BCUT2D eigenvalue weighted by Gasteiger charge is 2.06. The molecule has 0 bridgehead atoms. The molecule has 1 aromatic carbocycles. The number of hydrogen-bond donors (Lipinski definition) is 1. The van der Waals surface area contributed by atoms with Crippen LogP contribution in [0.4, 0.5) is 0 Å². The molecule has 0 saturated heterocycles. The van der Waals surface area contributed by atoms with Crippen LogP contribution in [0.5, 0.6) is 0 Å². The number of nitrogens with one attached hydrogen (secondary N) is 1. The molecule has 5 nitrogen and oxygen atoms in total. The number of ether oxygens (including phenoxy) is 1. The molecule has 0 aliphatic carbocycles. The van der Waals surface area contributed by atoms with Gasteiger partial charge >= 0.3 is 0 Å². The molecule has 0 aliphatic rings. The van der Waals surface area contributed by atoms with Crippen molar-refractivity contribution in [2.45, 2.75) is 13.0 Å².